The van der Waals surface area contributed by atoms with Gasteiger partial charge in [0, 0.05) is 37.1 Å². The molecule has 0 spiro atoms. The van der Waals surface area contributed by atoms with Crippen molar-refractivity contribution in [1.82, 2.24) is 19.7 Å². The second-order valence-electron chi connectivity index (χ2n) is 10.3. The van der Waals surface area contributed by atoms with Crippen LogP contribution in [0, 0.1) is 0 Å². The lowest BCUT2D eigenvalue weighted by atomic mass is 9.91. The average molecular weight is 487 g/mol. The minimum Gasteiger partial charge on any atom is -0.379 e. The summed E-state index contributed by atoms with van der Waals surface area (Å²) in [5.41, 5.74) is 0.917. The highest BCUT2D eigenvalue weighted by molar-refractivity contribution is 7.19. The molecule has 34 heavy (non-hydrogen) atoms. The Morgan fingerprint density at radius 3 is 2.68 bits per heavy atom. The number of hydrogen-bond donors (Lipinski definition) is 1. The second kappa shape index (κ2) is 9.99. The zero-order valence-electron chi connectivity index (χ0n) is 20.6. The molecule has 0 bridgehead atoms. The fourth-order valence-corrected chi connectivity index (χ4v) is 6.82. The number of amides is 2. The molecule has 0 aromatic carbocycles. The molecule has 1 saturated heterocycles. The Morgan fingerprint density at radius 2 is 1.94 bits per heavy atom. The summed E-state index contributed by atoms with van der Waals surface area (Å²) in [5, 5.41) is 3.34. The predicted octanol–water partition coefficient (Wildman–Crippen LogP) is 3.65. The van der Waals surface area contributed by atoms with Crippen molar-refractivity contribution in [2.24, 2.45) is 0 Å². The van der Waals surface area contributed by atoms with Gasteiger partial charge in [-0.1, -0.05) is 26.2 Å². The van der Waals surface area contributed by atoms with Gasteiger partial charge in [-0.15, -0.1) is 11.3 Å². The molecule has 186 valence electrons. The van der Waals surface area contributed by atoms with Crippen molar-refractivity contribution < 1.29 is 14.3 Å². The Morgan fingerprint density at radius 1 is 1.18 bits per heavy atom. The van der Waals surface area contributed by atoms with Crippen LogP contribution in [0.25, 0.3) is 10.2 Å². The van der Waals surface area contributed by atoms with Crippen molar-refractivity contribution in [2.75, 3.05) is 39.4 Å². The molecular weight excluding hydrogens is 448 g/mol. The number of thiophene rings is 1. The van der Waals surface area contributed by atoms with Crippen molar-refractivity contribution in [1.29, 1.82) is 0 Å². The molecule has 0 unspecified atom stereocenters. The summed E-state index contributed by atoms with van der Waals surface area (Å²) >= 11 is 1.76. The summed E-state index contributed by atoms with van der Waals surface area (Å²) in [6.45, 7) is 9.56. The van der Waals surface area contributed by atoms with Crippen molar-refractivity contribution in [2.45, 2.75) is 76.9 Å². The average Bonchev–Trinajstić information content (AvgIpc) is 3.41. The van der Waals surface area contributed by atoms with E-state index in [2.05, 4.69) is 27.8 Å². The van der Waals surface area contributed by atoms with Crippen molar-refractivity contribution >= 4 is 33.4 Å². The third kappa shape index (κ3) is 4.52. The van der Waals surface area contributed by atoms with E-state index >= 15 is 0 Å². The lowest BCUT2D eigenvalue weighted by Crippen LogP contribution is -2.65. The highest BCUT2D eigenvalue weighted by Gasteiger charge is 2.48. The van der Waals surface area contributed by atoms with Crippen LogP contribution in [0.15, 0.2) is 12.1 Å². The van der Waals surface area contributed by atoms with E-state index in [1.807, 2.05) is 17.9 Å². The van der Waals surface area contributed by atoms with Gasteiger partial charge in [-0.2, -0.15) is 0 Å². The second-order valence-corrected chi connectivity index (χ2v) is 11.4. The number of morpholine rings is 1. The van der Waals surface area contributed by atoms with Crippen LogP contribution in [0.3, 0.4) is 0 Å². The van der Waals surface area contributed by atoms with E-state index in [0.717, 1.165) is 74.4 Å². The topological polar surface area (TPSA) is 66.8 Å². The predicted molar refractivity (Wildman–Crippen MR) is 136 cm³/mol. The molecule has 2 aromatic heterocycles. The van der Waals surface area contributed by atoms with Crippen molar-refractivity contribution in [3.05, 3.63) is 22.7 Å². The summed E-state index contributed by atoms with van der Waals surface area (Å²) in [4.78, 5) is 33.2. The summed E-state index contributed by atoms with van der Waals surface area (Å²) in [6, 6.07) is 4.46. The van der Waals surface area contributed by atoms with Gasteiger partial charge in [-0.05, 0) is 44.7 Å². The zero-order chi connectivity index (χ0) is 23.7. The molecule has 2 aliphatic heterocycles. The van der Waals surface area contributed by atoms with Crippen LogP contribution in [0.1, 0.15) is 67.7 Å². The molecule has 2 aromatic rings. The van der Waals surface area contributed by atoms with Gasteiger partial charge >= 0.3 is 0 Å². The number of aromatic nitrogens is 1. The summed E-state index contributed by atoms with van der Waals surface area (Å²) in [5.74, 6) is -0.0199. The van der Waals surface area contributed by atoms with Gasteiger partial charge in [0.1, 0.15) is 11.2 Å². The van der Waals surface area contributed by atoms with Crippen LogP contribution in [-0.2, 0) is 22.5 Å². The third-order valence-corrected chi connectivity index (χ3v) is 9.12. The van der Waals surface area contributed by atoms with Crippen LogP contribution in [-0.4, -0.2) is 77.2 Å². The van der Waals surface area contributed by atoms with Gasteiger partial charge in [-0.3, -0.25) is 14.5 Å². The van der Waals surface area contributed by atoms with E-state index in [9.17, 15) is 9.59 Å². The van der Waals surface area contributed by atoms with E-state index in [4.69, 9.17) is 4.74 Å². The first-order valence-electron chi connectivity index (χ1n) is 13.0. The molecule has 0 radical (unpaired) electrons. The van der Waals surface area contributed by atoms with Gasteiger partial charge in [0.2, 0.25) is 5.91 Å². The minimum atomic E-state index is -0.896. The molecule has 4 heterocycles. The van der Waals surface area contributed by atoms with Crippen LogP contribution < -0.4 is 5.32 Å². The minimum absolute atomic E-state index is 0.00225. The molecule has 1 aliphatic carbocycles. The van der Waals surface area contributed by atoms with E-state index in [1.54, 1.807) is 11.3 Å². The van der Waals surface area contributed by atoms with E-state index in [0.29, 0.717) is 13.1 Å². The molecule has 5 rings (SSSR count). The Hall–Kier alpha value is -1.90. The number of nitrogens with one attached hydrogen (secondary N) is 1. The van der Waals surface area contributed by atoms with E-state index < -0.39 is 5.54 Å². The fraction of sp³-hybridized carbons (Fsp3) is 0.692. The maximum absolute atomic E-state index is 13.8. The summed E-state index contributed by atoms with van der Waals surface area (Å²) in [6.07, 6.45) is 7.50. The first-order chi connectivity index (χ1) is 16.5. The van der Waals surface area contributed by atoms with E-state index in [-0.39, 0.29) is 17.9 Å². The molecule has 1 saturated carbocycles. The number of rotatable bonds is 7. The van der Waals surface area contributed by atoms with Gasteiger partial charge in [0.15, 0.2) is 0 Å². The van der Waals surface area contributed by atoms with Crippen molar-refractivity contribution in [3.8, 4) is 0 Å². The van der Waals surface area contributed by atoms with Crippen LogP contribution in [0.5, 0.6) is 0 Å². The number of fused-ring (bicyclic) bond motifs is 3. The zero-order valence-corrected chi connectivity index (χ0v) is 21.4. The molecule has 3 aliphatic rings. The highest BCUT2D eigenvalue weighted by atomic mass is 32.1. The van der Waals surface area contributed by atoms with E-state index in [1.165, 1.54) is 24.1 Å². The monoisotopic (exact) mass is 486 g/mol. The number of hydrogen-bond acceptors (Lipinski definition) is 5. The van der Waals surface area contributed by atoms with Crippen LogP contribution in [0.4, 0.5) is 0 Å². The van der Waals surface area contributed by atoms with Gasteiger partial charge in [0.25, 0.3) is 5.91 Å². The Balaban J connectivity index is 1.40. The third-order valence-electron chi connectivity index (χ3n) is 7.90. The lowest BCUT2D eigenvalue weighted by Gasteiger charge is -2.45. The number of nitrogens with zero attached hydrogens (tertiary/aromatic N) is 3. The highest BCUT2D eigenvalue weighted by Crippen LogP contribution is 2.36. The number of carbonyl (C=O) groups is 2. The molecule has 1 N–H and O–H groups in total. The molecular formula is C26H38N4O3S. The SMILES string of the molecule is CCc1cc2c(cc3n2C[C@](C)(C(=O)NC2CCCCC2)N(CCCN2CCOCC2)C3=O)s1. The molecule has 1 atom stereocenters. The summed E-state index contributed by atoms with van der Waals surface area (Å²) in [7, 11) is 0. The number of ether oxygens (including phenoxy) is 1. The first kappa shape index (κ1) is 23.8. The molecule has 2 fully saturated rings. The molecule has 2 amide bonds. The van der Waals surface area contributed by atoms with Gasteiger partial charge in [0.05, 0.1) is 30.0 Å². The number of aryl methyl sites for hydroxylation is 1. The van der Waals surface area contributed by atoms with Crippen LogP contribution in [0.2, 0.25) is 0 Å². The maximum atomic E-state index is 13.8. The molecule has 7 nitrogen and oxygen atoms in total. The summed E-state index contributed by atoms with van der Waals surface area (Å²) < 4.78 is 8.71. The van der Waals surface area contributed by atoms with Crippen molar-refractivity contribution in [3.63, 3.8) is 0 Å². The Kier molecular flexibility index (Phi) is 7.00. The smallest absolute Gasteiger partial charge is 0.271 e. The van der Waals surface area contributed by atoms with Gasteiger partial charge < -0.3 is 19.5 Å². The largest absolute Gasteiger partial charge is 0.379 e. The lowest BCUT2D eigenvalue weighted by molar-refractivity contribution is -0.133. The van der Waals surface area contributed by atoms with Crippen LogP contribution >= 0.6 is 11.3 Å². The standard InChI is InChI=1S/C26H38N4O3S/c1-3-20-16-21-23(34-20)17-22-24(31)30(11-7-10-28-12-14-33-15-13-28)26(2,18-29(21)22)25(32)27-19-8-5-4-6-9-19/h16-17,19H,3-15,18H2,1-2H3,(H,27,32)/t26-/m1/s1. The first-order valence-corrected chi connectivity index (χ1v) is 13.9. The Labute approximate surface area is 206 Å². The fourth-order valence-electron chi connectivity index (χ4n) is 5.78. The van der Waals surface area contributed by atoms with Gasteiger partial charge in [-0.25, -0.2) is 0 Å². The molecule has 8 heteroatoms. The Bertz CT molecular complexity index is 1030. The number of carbonyl (C=O) groups excluding carboxylic acids is 2. The maximum Gasteiger partial charge on any atom is 0.271 e. The normalized spacial score (nSPS) is 24.5. The quantitative estimate of drug-likeness (QED) is 0.649.